The maximum atomic E-state index is 14.3. The fourth-order valence-electron chi connectivity index (χ4n) is 3.78. The van der Waals surface area contributed by atoms with Gasteiger partial charge in [0.15, 0.2) is 11.6 Å². The first kappa shape index (κ1) is 18.5. The van der Waals surface area contributed by atoms with Crippen molar-refractivity contribution in [1.82, 2.24) is 19.9 Å². The van der Waals surface area contributed by atoms with Crippen molar-refractivity contribution in [1.29, 1.82) is 0 Å². The molecule has 0 saturated carbocycles. The standard InChI is InChI=1S/C20H22F2N6/c1-13-18(22)20(26-11-23-13)27(2)10-14-5-7-28(8-6-14)19-16-4-3-15(21)9-17(16)24-12-25-19/h3-4,9,11-12,14H,5-8,10H2,1-2H3. The lowest BCUT2D eigenvalue weighted by Crippen LogP contribution is -2.38. The van der Waals surface area contributed by atoms with Gasteiger partial charge in [-0.15, -0.1) is 0 Å². The number of fused-ring (bicyclic) bond motifs is 1. The normalized spacial score (nSPS) is 15.2. The van der Waals surface area contributed by atoms with Crippen molar-refractivity contribution in [3.8, 4) is 0 Å². The van der Waals surface area contributed by atoms with Crippen molar-refractivity contribution >= 4 is 22.5 Å². The minimum Gasteiger partial charge on any atom is -0.357 e. The summed E-state index contributed by atoms with van der Waals surface area (Å²) in [7, 11) is 1.86. The SMILES string of the molecule is Cc1ncnc(N(C)CC2CCN(c3ncnc4cc(F)ccc34)CC2)c1F. The van der Waals surface area contributed by atoms with E-state index < -0.39 is 0 Å². The van der Waals surface area contributed by atoms with Crippen LogP contribution >= 0.6 is 0 Å². The van der Waals surface area contributed by atoms with E-state index >= 15 is 0 Å². The van der Waals surface area contributed by atoms with Crippen LogP contribution in [0.2, 0.25) is 0 Å². The van der Waals surface area contributed by atoms with Crippen molar-refractivity contribution in [2.24, 2.45) is 5.92 Å². The van der Waals surface area contributed by atoms with Crippen molar-refractivity contribution in [2.75, 3.05) is 36.5 Å². The maximum absolute atomic E-state index is 14.3. The number of hydrogen-bond donors (Lipinski definition) is 0. The molecule has 6 nitrogen and oxygen atoms in total. The summed E-state index contributed by atoms with van der Waals surface area (Å²) in [6.07, 6.45) is 4.80. The summed E-state index contributed by atoms with van der Waals surface area (Å²) in [6, 6.07) is 4.61. The van der Waals surface area contributed by atoms with Crippen LogP contribution < -0.4 is 9.80 Å². The Kier molecular flexibility index (Phi) is 5.02. The highest BCUT2D eigenvalue weighted by molar-refractivity contribution is 5.89. The van der Waals surface area contributed by atoms with Crippen molar-refractivity contribution in [3.05, 3.63) is 48.2 Å². The number of rotatable bonds is 4. The second-order valence-electron chi connectivity index (χ2n) is 7.27. The van der Waals surface area contributed by atoms with Gasteiger partial charge in [0.25, 0.3) is 0 Å². The Bertz CT molecular complexity index is 988. The number of nitrogens with zero attached hydrogens (tertiary/aromatic N) is 6. The molecule has 0 N–H and O–H groups in total. The molecule has 1 aliphatic rings. The van der Waals surface area contributed by atoms with Gasteiger partial charge in [-0.3, -0.25) is 0 Å². The van der Waals surface area contributed by atoms with Crippen LogP contribution in [0.15, 0.2) is 30.9 Å². The third kappa shape index (κ3) is 3.58. The van der Waals surface area contributed by atoms with Gasteiger partial charge in [0.2, 0.25) is 0 Å². The molecule has 0 atom stereocenters. The van der Waals surface area contributed by atoms with E-state index in [9.17, 15) is 8.78 Å². The molecule has 0 aliphatic carbocycles. The van der Waals surface area contributed by atoms with Gasteiger partial charge in [-0.05, 0) is 37.8 Å². The summed E-state index contributed by atoms with van der Waals surface area (Å²) in [5.74, 6) is 0.961. The Morgan fingerprint density at radius 1 is 1.07 bits per heavy atom. The monoisotopic (exact) mass is 384 g/mol. The fourth-order valence-corrected chi connectivity index (χ4v) is 3.78. The smallest absolute Gasteiger partial charge is 0.186 e. The highest BCUT2D eigenvalue weighted by Gasteiger charge is 2.24. The van der Waals surface area contributed by atoms with E-state index in [0.717, 1.165) is 43.7 Å². The molecule has 1 saturated heterocycles. The van der Waals surface area contributed by atoms with Crippen LogP contribution in [-0.4, -0.2) is 46.6 Å². The van der Waals surface area contributed by atoms with Gasteiger partial charge in [-0.1, -0.05) is 0 Å². The minimum absolute atomic E-state index is 0.300. The van der Waals surface area contributed by atoms with E-state index in [0.29, 0.717) is 22.9 Å². The van der Waals surface area contributed by atoms with Gasteiger partial charge in [0.05, 0.1) is 11.2 Å². The van der Waals surface area contributed by atoms with Crippen LogP contribution in [0.1, 0.15) is 18.5 Å². The maximum Gasteiger partial charge on any atom is 0.186 e. The number of piperidine rings is 1. The van der Waals surface area contributed by atoms with Crippen molar-refractivity contribution in [2.45, 2.75) is 19.8 Å². The first-order valence-corrected chi connectivity index (χ1v) is 9.36. The average Bonchev–Trinajstić information content (AvgIpc) is 2.70. The van der Waals surface area contributed by atoms with Gasteiger partial charge in [-0.2, -0.15) is 0 Å². The van der Waals surface area contributed by atoms with Crippen molar-refractivity contribution in [3.63, 3.8) is 0 Å². The lowest BCUT2D eigenvalue weighted by atomic mass is 9.96. The molecule has 1 aromatic carbocycles. The fraction of sp³-hybridized carbons (Fsp3) is 0.400. The van der Waals surface area contributed by atoms with Crippen LogP contribution in [-0.2, 0) is 0 Å². The molecule has 1 fully saturated rings. The molecule has 0 bridgehead atoms. The van der Waals surface area contributed by atoms with E-state index in [1.54, 1.807) is 13.0 Å². The second-order valence-corrected chi connectivity index (χ2v) is 7.27. The minimum atomic E-state index is -0.359. The second kappa shape index (κ2) is 7.61. The largest absolute Gasteiger partial charge is 0.357 e. The zero-order valence-corrected chi connectivity index (χ0v) is 15.9. The predicted octanol–water partition coefficient (Wildman–Crippen LogP) is 3.36. The molecule has 0 radical (unpaired) electrons. The molecule has 3 heterocycles. The Balaban J connectivity index is 1.43. The van der Waals surface area contributed by atoms with Gasteiger partial charge in [-0.25, -0.2) is 28.7 Å². The van der Waals surface area contributed by atoms with Crippen LogP contribution in [0.5, 0.6) is 0 Å². The third-order valence-corrected chi connectivity index (χ3v) is 5.33. The lowest BCUT2D eigenvalue weighted by Gasteiger charge is -2.35. The van der Waals surface area contributed by atoms with Crippen LogP contribution in [0.4, 0.5) is 20.4 Å². The highest BCUT2D eigenvalue weighted by atomic mass is 19.1. The molecule has 2 aromatic heterocycles. The third-order valence-electron chi connectivity index (χ3n) is 5.33. The van der Waals surface area contributed by atoms with Gasteiger partial charge in [0.1, 0.15) is 24.3 Å². The number of aryl methyl sites for hydroxylation is 1. The lowest BCUT2D eigenvalue weighted by molar-refractivity contribution is 0.405. The number of hydrogen-bond acceptors (Lipinski definition) is 6. The topological polar surface area (TPSA) is 58.0 Å². The molecular weight excluding hydrogens is 362 g/mol. The Morgan fingerprint density at radius 3 is 2.61 bits per heavy atom. The predicted molar refractivity (Wildman–Crippen MR) is 104 cm³/mol. The summed E-state index contributed by atoms with van der Waals surface area (Å²) in [5, 5.41) is 0.859. The molecule has 0 spiro atoms. The number of halogens is 2. The van der Waals surface area contributed by atoms with E-state index in [1.165, 1.54) is 24.8 Å². The number of benzene rings is 1. The van der Waals surface area contributed by atoms with Gasteiger partial charge >= 0.3 is 0 Å². The van der Waals surface area contributed by atoms with Crippen LogP contribution in [0, 0.1) is 24.5 Å². The average molecular weight is 384 g/mol. The van der Waals surface area contributed by atoms with E-state index in [-0.39, 0.29) is 11.6 Å². The Hall–Kier alpha value is -2.90. The summed E-state index contributed by atoms with van der Waals surface area (Å²) in [6.45, 7) is 4.06. The molecule has 0 unspecified atom stereocenters. The summed E-state index contributed by atoms with van der Waals surface area (Å²) >= 11 is 0. The molecule has 4 rings (SSSR count). The van der Waals surface area contributed by atoms with Gasteiger partial charge in [0, 0.05) is 38.1 Å². The molecule has 146 valence electrons. The molecule has 1 aliphatic heterocycles. The zero-order valence-electron chi connectivity index (χ0n) is 15.9. The Morgan fingerprint density at radius 2 is 1.82 bits per heavy atom. The Labute approximate surface area is 162 Å². The molecule has 8 heteroatoms. The summed E-state index contributed by atoms with van der Waals surface area (Å²) < 4.78 is 27.7. The summed E-state index contributed by atoms with van der Waals surface area (Å²) in [4.78, 5) is 20.7. The van der Waals surface area contributed by atoms with E-state index in [2.05, 4.69) is 24.8 Å². The van der Waals surface area contributed by atoms with Gasteiger partial charge < -0.3 is 9.80 Å². The molecule has 0 amide bonds. The van der Waals surface area contributed by atoms with E-state index in [1.807, 2.05) is 11.9 Å². The highest BCUT2D eigenvalue weighted by Crippen LogP contribution is 2.28. The molecule has 3 aromatic rings. The number of aromatic nitrogens is 4. The first-order chi connectivity index (χ1) is 13.5. The molecular formula is C20H22F2N6. The number of anilines is 2. The van der Waals surface area contributed by atoms with Crippen molar-refractivity contribution < 1.29 is 8.78 Å². The first-order valence-electron chi connectivity index (χ1n) is 9.36. The van der Waals surface area contributed by atoms with Crippen LogP contribution in [0.25, 0.3) is 10.9 Å². The zero-order chi connectivity index (χ0) is 19.7. The quantitative estimate of drug-likeness (QED) is 0.688. The van der Waals surface area contributed by atoms with Crippen LogP contribution in [0.3, 0.4) is 0 Å². The summed E-state index contributed by atoms with van der Waals surface area (Å²) in [5.41, 5.74) is 0.972. The molecule has 28 heavy (non-hydrogen) atoms. The van der Waals surface area contributed by atoms with E-state index in [4.69, 9.17) is 0 Å².